The number of aryl methyl sites for hydroxylation is 1. The monoisotopic (exact) mass is 383 g/mol. The van der Waals surface area contributed by atoms with Gasteiger partial charge >= 0.3 is 5.97 Å². The summed E-state index contributed by atoms with van der Waals surface area (Å²) in [5, 5.41) is 5.65. The molecule has 0 aliphatic heterocycles. The van der Waals surface area contributed by atoms with E-state index in [-0.39, 0.29) is 23.8 Å². The van der Waals surface area contributed by atoms with Gasteiger partial charge in [0.05, 0.1) is 11.7 Å². The molecule has 7 nitrogen and oxygen atoms in total. The zero-order chi connectivity index (χ0) is 20.4. The molecule has 0 saturated heterocycles. The van der Waals surface area contributed by atoms with Crippen molar-refractivity contribution in [1.29, 1.82) is 0 Å². The van der Waals surface area contributed by atoms with Gasteiger partial charge in [0.1, 0.15) is 5.69 Å². The van der Waals surface area contributed by atoms with Crippen molar-refractivity contribution in [2.24, 2.45) is 5.92 Å². The molecule has 0 radical (unpaired) electrons. The maximum absolute atomic E-state index is 12.6. The molecule has 2 amide bonds. The van der Waals surface area contributed by atoms with Gasteiger partial charge < -0.3 is 20.4 Å². The smallest absolute Gasteiger partial charge is 0.340 e. The molecule has 1 heterocycles. The predicted molar refractivity (Wildman–Crippen MR) is 107 cm³/mol. The van der Waals surface area contributed by atoms with E-state index >= 15 is 0 Å². The molecule has 1 fully saturated rings. The van der Waals surface area contributed by atoms with Crippen LogP contribution in [0, 0.1) is 19.8 Å². The summed E-state index contributed by atoms with van der Waals surface area (Å²) >= 11 is 0. The van der Waals surface area contributed by atoms with Gasteiger partial charge in [0.2, 0.25) is 5.91 Å². The molecule has 1 aliphatic rings. The molecule has 1 aromatic carbocycles. The van der Waals surface area contributed by atoms with E-state index < -0.39 is 5.97 Å². The number of nitrogens with one attached hydrogen (secondary N) is 3. The third-order valence-corrected chi connectivity index (χ3v) is 4.57. The molecule has 0 unspecified atom stereocenters. The topological polar surface area (TPSA) is 100 Å². The Morgan fingerprint density at radius 2 is 1.61 bits per heavy atom. The summed E-state index contributed by atoms with van der Waals surface area (Å²) in [6, 6.07) is 6.93. The van der Waals surface area contributed by atoms with Crippen molar-refractivity contribution in [1.82, 2.24) is 4.98 Å². The largest absolute Gasteiger partial charge is 0.459 e. The molecular weight excluding hydrogens is 358 g/mol. The number of ether oxygens (including phenoxy) is 1. The molecule has 3 N–H and O–H groups in total. The molecule has 148 valence electrons. The summed E-state index contributed by atoms with van der Waals surface area (Å²) in [5.74, 6) is -0.625. The first-order valence-electron chi connectivity index (χ1n) is 9.38. The minimum atomic E-state index is -0.448. The Bertz CT molecular complexity index is 908. The van der Waals surface area contributed by atoms with Crippen molar-refractivity contribution in [2.45, 2.75) is 46.6 Å². The van der Waals surface area contributed by atoms with E-state index in [0.29, 0.717) is 33.9 Å². The van der Waals surface area contributed by atoms with Crippen molar-refractivity contribution in [3.8, 4) is 0 Å². The summed E-state index contributed by atoms with van der Waals surface area (Å²) in [5.41, 5.74) is 3.13. The van der Waals surface area contributed by atoms with E-state index in [9.17, 15) is 14.4 Å². The lowest BCUT2D eigenvalue weighted by atomic mass is 10.1. The van der Waals surface area contributed by atoms with Gasteiger partial charge in [-0.2, -0.15) is 0 Å². The highest BCUT2D eigenvalue weighted by molar-refractivity contribution is 6.07. The van der Waals surface area contributed by atoms with Crippen LogP contribution in [0.4, 0.5) is 11.4 Å². The first-order chi connectivity index (χ1) is 13.3. The molecule has 28 heavy (non-hydrogen) atoms. The normalized spacial score (nSPS) is 13.3. The molecule has 2 aromatic rings. The number of aromatic amines is 1. The summed E-state index contributed by atoms with van der Waals surface area (Å²) in [7, 11) is 0. The van der Waals surface area contributed by atoms with Crippen LogP contribution in [0.15, 0.2) is 24.3 Å². The Kier molecular flexibility index (Phi) is 5.53. The van der Waals surface area contributed by atoms with E-state index in [0.717, 1.165) is 12.8 Å². The van der Waals surface area contributed by atoms with Gasteiger partial charge in [0.25, 0.3) is 5.91 Å². The second-order valence-electron chi connectivity index (χ2n) is 7.37. The van der Waals surface area contributed by atoms with Gasteiger partial charge in [-0.05, 0) is 70.4 Å². The molecule has 1 aromatic heterocycles. The van der Waals surface area contributed by atoms with Gasteiger partial charge in [0, 0.05) is 23.0 Å². The molecule has 0 spiro atoms. The van der Waals surface area contributed by atoms with Gasteiger partial charge in [-0.3, -0.25) is 9.59 Å². The van der Waals surface area contributed by atoms with Crippen LogP contribution < -0.4 is 10.6 Å². The van der Waals surface area contributed by atoms with Crippen molar-refractivity contribution in [2.75, 3.05) is 10.6 Å². The number of rotatable bonds is 6. The van der Waals surface area contributed by atoms with Crippen LogP contribution in [0.2, 0.25) is 0 Å². The fraction of sp³-hybridized carbons (Fsp3) is 0.381. The third-order valence-electron chi connectivity index (χ3n) is 4.57. The van der Waals surface area contributed by atoms with Gasteiger partial charge in [-0.15, -0.1) is 0 Å². The van der Waals surface area contributed by atoms with E-state index in [4.69, 9.17) is 4.74 Å². The van der Waals surface area contributed by atoms with Crippen LogP contribution >= 0.6 is 0 Å². The molecule has 0 atom stereocenters. The lowest BCUT2D eigenvalue weighted by Gasteiger charge is -2.09. The van der Waals surface area contributed by atoms with Gasteiger partial charge in [0.15, 0.2) is 0 Å². The van der Waals surface area contributed by atoms with Crippen molar-refractivity contribution >= 4 is 29.2 Å². The molecule has 1 saturated carbocycles. The number of H-pyrrole nitrogens is 1. The van der Waals surface area contributed by atoms with Crippen LogP contribution in [0.3, 0.4) is 0 Å². The number of hydrogen-bond donors (Lipinski definition) is 3. The van der Waals surface area contributed by atoms with Crippen molar-refractivity contribution in [3.63, 3.8) is 0 Å². The number of carbonyl (C=O) groups is 3. The fourth-order valence-electron chi connectivity index (χ4n) is 2.98. The maximum Gasteiger partial charge on any atom is 0.340 e. The highest BCUT2D eigenvalue weighted by atomic mass is 16.5. The van der Waals surface area contributed by atoms with Gasteiger partial charge in [-0.25, -0.2) is 4.79 Å². The Labute approximate surface area is 163 Å². The maximum atomic E-state index is 12.6. The second kappa shape index (κ2) is 7.88. The number of hydrogen-bond acceptors (Lipinski definition) is 4. The first-order valence-corrected chi connectivity index (χ1v) is 9.38. The average Bonchev–Trinajstić information content (AvgIpc) is 3.41. The standard InChI is InChI=1S/C21H25N3O4/c1-11(2)28-21(27)17-12(3)18(22-13(17)4)20(26)24-16-9-7-15(8-10-16)23-19(25)14-5-6-14/h7-11,14,22H,5-6H2,1-4H3,(H,23,25)(H,24,26). The van der Waals surface area contributed by atoms with Crippen LogP contribution in [0.1, 0.15) is 58.8 Å². The minimum Gasteiger partial charge on any atom is -0.459 e. The molecule has 0 bridgehead atoms. The molecular formula is C21H25N3O4. The van der Waals surface area contributed by atoms with Crippen molar-refractivity contribution in [3.05, 3.63) is 46.8 Å². The number of amides is 2. The van der Waals surface area contributed by atoms with Crippen LogP contribution in [-0.2, 0) is 9.53 Å². The van der Waals surface area contributed by atoms with E-state index in [2.05, 4.69) is 15.6 Å². The SMILES string of the molecule is Cc1[nH]c(C(=O)Nc2ccc(NC(=O)C3CC3)cc2)c(C)c1C(=O)OC(C)C. The van der Waals surface area contributed by atoms with Crippen LogP contribution in [0.25, 0.3) is 0 Å². The van der Waals surface area contributed by atoms with Crippen LogP contribution in [0.5, 0.6) is 0 Å². The first kappa shape index (κ1) is 19.7. The Morgan fingerprint density at radius 3 is 2.14 bits per heavy atom. The number of aromatic nitrogens is 1. The molecule has 1 aliphatic carbocycles. The quantitative estimate of drug-likeness (QED) is 0.661. The summed E-state index contributed by atoms with van der Waals surface area (Å²) in [6.07, 6.45) is 1.65. The van der Waals surface area contributed by atoms with E-state index in [1.54, 1.807) is 52.0 Å². The highest BCUT2D eigenvalue weighted by Crippen LogP contribution is 2.30. The zero-order valence-corrected chi connectivity index (χ0v) is 16.5. The Morgan fingerprint density at radius 1 is 1.04 bits per heavy atom. The lowest BCUT2D eigenvalue weighted by Crippen LogP contribution is -2.15. The number of esters is 1. The summed E-state index contributed by atoms with van der Waals surface area (Å²) < 4.78 is 5.25. The zero-order valence-electron chi connectivity index (χ0n) is 16.5. The van der Waals surface area contributed by atoms with Crippen LogP contribution in [-0.4, -0.2) is 28.9 Å². The number of benzene rings is 1. The molecule has 7 heteroatoms. The predicted octanol–water partition coefficient (Wildman–Crippen LogP) is 3.80. The van der Waals surface area contributed by atoms with E-state index in [1.165, 1.54) is 0 Å². The number of anilines is 2. The lowest BCUT2D eigenvalue weighted by molar-refractivity contribution is -0.117. The fourth-order valence-corrected chi connectivity index (χ4v) is 2.98. The van der Waals surface area contributed by atoms with E-state index in [1.807, 2.05) is 0 Å². The number of carbonyl (C=O) groups excluding carboxylic acids is 3. The summed E-state index contributed by atoms with van der Waals surface area (Å²) in [6.45, 7) is 7.00. The Balaban J connectivity index is 1.69. The second-order valence-corrected chi connectivity index (χ2v) is 7.37. The Hall–Kier alpha value is -3.09. The minimum absolute atomic E-state index is 0.0371. The average molecular weight is 383 g/mol. The van der Waals surface area contributed by atoms with Gasteiger partial charge in [-0.1, -0.05) is 0 Å². The highest BCUT2D eigenvalue weighted by Gasteiger charge is 2.29. The molecule has 3 rings (SSSR count). The third kappa shape index (κ3) is 4.42. The summed E-state index contributed by atoms with van der Waals surface area (Å²) in [4.78, 5) is 39.7. The van der Waals surface area contributed by atoms with Crippen molar-refractivity contribution < 1.29 is 19.1 Å².